The Morgan fingerprint density at radius 1 is 1.06 bits per heavy atom. The van der Waals surface area contributed by atoms with E-state index in [9.17, 15) is 9.59 Å². The maximum Gasteiger partial charge on any atom is 0.261 e. The van der Waals surface area contributed by atoms with Crippen LogP contribution in [0.5, 0.6) is 11.5 Å². The lowest BCUT2D eigenvalue weighted by Crippen LogP contribution is -2.50. The number of carbonyl (C=O) groups excluding carboxylic acids is 2. The van der Waals surface area contributed by atoms with Gasteiger partial charge in [0.05, 0.1) is 11.6 Å². The van der Waals surface area contributed by atoms with Crippen LogP contribution in [0, 0.1) is 0 Å². The number of nitrogens with one attached hydrogen (secondary N) is 1. The fourth-order valence-electron chi connectivity index (χ4n) is 3.94. The van der Waals surface area contributed by atoms with Gasteiger partial charge < -0.3 is 19.7 Å². The monoisotopic (exact) mass is 540 g/mol. The number of ether oxygens (including phenoxy) is 2. The van der Waals surface area contributed by atoms with Crippen molar-refractivity contribution in [2.75, 3.05) is 20.3 Å². The van der Waals surface area contributed by atoms with Crippen LogP contribution in [0.25, 0.3) is 10.8 Å². The van der Waals surface area contributed by atoms with Crippen LogP contribution >= 0.6 is 15.9 Å². The van der Waals surface area contributed by atoms with Crippen LogP contribution in [0.15, 0.2) is 65.1 Å². The van der Waals surface area contributed by atoms with E-state index in [-0.39, 0.29) is 25.0 Å². The molecule has 0 aliphatic heterocycles. The zero-order valence-corrected chi connectivity index (χ0v) is 22.1. The molecule has 0 aliphatic carbocycles. The third-order valence-electron chi connectivity index (χ3n) is 5.88. The summed E-state index contributed by atoms with van der Waals surface area (Å²) >= 11 is 3.61. The van der Waals surface area contributed by atoms with Gasteiger partial charge >= 0.3 is 0 Å². The molecule has 0 spiro atoms. The number of carbonyl (C=O) groups is 2. The minimum Gasteiger partial charge on any atom is -0.497 e. The van der Waals surface area contributed by atoms with Crippen molar-refractivity contribution in [3.05, 3.63) is 70.7 Å². The SMILES string of the molecule is CCCCNC(=O)[C@H](CC)N(Cc1cccc(OC)c1)C(=O)COc1ccc2ccccc2c1Br. The Morgan fingerprint density at radius 3 is 2.60 bits per heavy atom. The topological polar surface area (TPSA) is 67.9 Å². The molecular formula is C28H33BrN2O4. The van der Waals surface area contributed by atoms with Gasteiger partial charge in [0.1, 0.15) is 17.5 Å². The molecule has 0 fully saturated rings. The third-order valence-corrected chi connectivity index (χ3v) is 6.70. The molecule has 0 radical (unpaired) electrons. The molecule has 1 atom stereocenters. The maximum absolute atomic E-state index is 13.5. The minimum atomic E-state index is -0.603. The van der Waals surface area contributed by atoms with E-state index in [1.165, 1.54) is 0 Å². The van der Waals surface area contributed by atoms with Gasteiger partial charge in [-0.1, -0.05) is 62.7 Å². The Labute approximate surface area is 215 Å². The average Bonchev–Trinajstić information content (AvgIpc) is 2.88. The van der Waals surface area contributed by atoms with Crippen LogP contribution in [0.3, 0.4) is 0 Å². The predicted molar refractivity (Wildman–Crippen MR) is 143 cm³/mol. The third kappa shape index (κ3) is 6.98. The zero-order valence-electron chi connectivity index (χ0n) is 20.6. The summed E-state index contributed by atoms with van der Waals surface area (Å²) in [4.78, 5) is 28.1. The molecule has 35 heavy (non-hydrogen) atoms. The number of rotatable bonds is 12. The predicted octanol–water partition coefficient (Wildman–Crippen LogP) is 5.71. The minimum absolute atomic E-state index is 0.149. The van der Waals surface area contributed by atoms with Crippen molar-refractivity contribution in [1.29, 1.82) is 0 Å². The van der Waals surface area contributed by atoms with Crippen molar-refractivity contribution in [1.82, 2.24) is 10.2 Å². The van der Waals surface area contributed by atoms with E-state index in [1.54, 1.807) is 12.0 Å². The lowest BCUT2D eigenvalue weighted by Gasteiger charge is -2.30. The number of unbranched alkanes of at least 4 members (excludes halogenated alkanes) is 1. The Hall–Kier alpha value is -3.06. The number of hydrogen-bond donors (Lipinski definition) is 1. The van der Waals surface area contributed by atoms with Crippen LogP contribution in [-0.2, 0) is 16.1 Å². The fourth-order valence-corrected chi connectivity index (χ4v) is 4.55. The molecule has 2 amide bonds. The summed E-state index contributed by atoms with van der Waals surface area (Å²) in [6.45, 7) is 4.67. The van der Waals surface area contributed by atoms with Crippen LogP contribution in [0.2, 0.25) is 0 Å². The van der Waals surface area contributed by atoms with E-state index in [1.807, 2.05) is 67.6 Å². The lowest BCUT2D eigenvalue weighted by molar-refractivity contribution is -0.143. The molecule has 3 aromatic rings. The molecule has 3 aromatic carbocycles. The molecule has 1 N–H and O–H groups in total. The molecule has 0 saturated heterocycles. The van der Waals surface area contributed by atoms with E-state index in [0.29, 0.717) is 24.5 Å². The summed E-state index contributed by atoms with van der Waals surface area (Å²) in [6.07, 6.45) is 2.37. The molecule has 6 nitrogen and oxygen atoms in total. The summed E-state index contributed by atoms with van der Waals surface area (Å²) in [6, 6.07) is 18.7. The van der Waals surface area contributed by atoms with E-state index < -0.39 is 6.04 Å². The highest BCUT2D eigenvalue weighted by Crippen LogP contribution is 2.33. The number of fused-ring (bicyclic) bond motifs is 1. The van der Waals surface area contributed by atoms with Gasteiger partial charge in [0.2, 0.25) is 5.91 Å². The van der Waals surface area contributed by atoms with Crippen molar-refractivity contribution in [3.8, 4) is 11.5 Å². The number of amides is 2. The van der Waals surface area contributed by atoms with Gasteiger partial charge in [0.15, 0.2) is 6.61 Å². The van der Waals surface area contributed by atoms with Crippen LogP contribution in [0.4, 0.5) is 0 Å². The van der Waals surface area contributed by atoms with Crippen molar-refractivity contribution >= 4 is 38.5 Å². The Kier molecular flexibility index (Phi) is 9.97. The summed E-state index contributed by atoms with van der Waals surface area (Å²) in [7, 11) is 1.60. The maximum atomic E-state index is 13.5. The highest BCUT2D eigenvalue weighted by Gasteiger charge is 2.29. The molecule has 0 saturated carbocycles. The molecule has 0 aliphatic rings. The highest BCUT2D eigenvalue weighted by molar-refractivity contribution is 9.10. The Morgan fingerprint density at radius 2 is 1.86 bits per heavy atom. The van der Waals surface area contributed by atoms with Crippen molar-refractivity contribution in [3.63, 3.8) is 0 Å². The average molecular weight is 541 g/mol. The first-order valence-electron chi connectivity index (χ1n) is 12.0. The quantitative estimate of drug-likeness (QED) is 0.298. The van der Waals surface area contributed by atoms with E-state index in [2.05, 4.69) is 28.2 Å². The number of nitrogens with zero attached hydrogens (tertiary/aromatic N) is 1. The molecule has 0 bridgehead atoms. The summed E-state index contributed by atoms with van der Waals surface area (Å²) in [5, 5.41) is 5.06. The second-order valence-electron chi connectivity index (χ2n) is 8.33. The molecule has 0 unspecified atom stereocenters. The van der Waals surface area contributed by atoms with Crippen LogP contribution < -0.4 is 14.8 Å². The molecule has 0 aromatic heterocycles. The second-order valence-corrected chi connectivity index (χ2v) is 9.12. The van der Waals surface area contributed by atoms with E-state index in [4.69, 9.17) is 9.47 Å². The van der Waals surface area contributed by atoms with Gasteiger partial charge in [-0.3, -0.25) is 9.59 Å². The second kappa shape index (κ2) is 13.1. The van der Waals surface area contributed by atoms with Gasteiger partial charge in [0.25, 0.3) is 5.91 Å². The first-order valence-corrected chi connectivity index (χ1v) is 12.8. The van der Waals surface area contributed by atoms with Crippen LogP contribution in [0.1, 0.15) is 38.7 Å². The number of benzene rings is 3. The summed E-state index contributed by atoms with van der Waals surface area (Å²) in [5.74, 6) is 0.875. The first-order chi connectivity index (χ1) is 17.0. The largest absolute Gasteiger partial charge is 0.497 e. The Bertz CT molecular complexity index is 1150. The molecule has 0 heterocycles. The Balaban J connectivity index is 1.81. The molecule has 186 valence electrons. The molecular weight excluding hydrogens is 508 g/mol. The summed E-state index contributed by atoms with van der Waals surface area (Å²) in [5.41, 5.74) is 0.879. The lowest BCUT2D eigenvalue weighted by atomic mass is 10.1. The highest BCUT2D eigenvalue weighted by atomic mass is 79.9. The van der Waals surface area contributed by atoms with Gasteiger partial charge in [-0.2, -0.15) is 0 Å². The van der Waals surface area contributed by atoms with Gasteiger partial charge in [0, 0.05) is 13.1 Å². The first kappa shape index (κ1) is 26.5. The number of methoxy groups -OCH3 is 1. The van der Waals surface area contributed by atoms with Gasteiger partial charge in [-0.15, -0.1) is 0 Å². The summed E-state index contributed by atoms with van der Waals surface area (Å²) < 4.78 is 12.1. The van der Waals surface area contributed by atoms with Crippen molar-refractivity contribution < 1.29 is 19.1 Å². The van der Waals surface area contributed by atoms with Crippen molar-refractivity contribution in [2.24, 2.45) is 0 Å². The van der Waals surface area contributed by atoms with E-state index >= 15 is 0 Å². The van der Waals surface area contributed by atoms with E-state index in [0.717, 1.165) is 33.7 Å². The zero-order chi connectivity index (χ0) is 25.2. The number of hydrogen-bond acceptors (Lipinski definition) is 4. The smallest absolute Gasteiger partial charge is 0.261 e. The molecule has 7 heteroatoms. The van der Waals surface area contributed by atoms with Gasteiger partial charge in [-0.25, -0.2) is 0 Å². The molecule has 3 rings (SSSR count). The number of halogens is 1. The standard InChI is InChI=1S/C28H33BrN2O4/c1-4-6-16-30-28(33)24(5-2)31(18-20-10-9-12-22(17-20)34-3)26(32)19-35-25-15-14-21-11-7-8-13-23(21)27(25)29/h7-15,17,24H,4-6,16,18-19H2,1-3H3,(H,30,33)/t24-/m0/s1. The normalized spacial score (nSPS) is 11.7. The van der Waals surface area contributed by atoms with Gasteiger partial charge in [-0.05, 0) is 63.3 Å². The fraction of sp³-hybridized carbons (Fsp3) is 0.357. The van der Waals surface area contributed by atoms with Crippen molar-refractivity contribution in [2.45, 2.75) is 45.7 Å². The van der Waals surface area contributed by atoms with Crippen LogP contribution in [-0.4, -0.2) is 43.0 Å².